The third-order valence-corrected chi connectivity index (χ3v) is 3.33. The smallest absolute Gasteiger partial charge is 0.360 e. The Morgan fingerprint density at radius 1 is 1.38 bits per heavy atom. The molecule has 6 heteroatoms. The Labute approximate surface area is 127 Å². The van der Waals surface area contributed by atoms with E-state index in [9.17, 15) is 9.18 Å². The van der Waals surface area contributed by atoms with Crippen LogP contribution in [0, 0.1) is 5.82 Å². The molecule has 112 valence electrons. The Bertz CT molecular complexity index is 689. The van der Waals surface area contributed by atoms with E-state index < -0.39 is 11.8 Å². The monoisotopic (exact) mass is 310 g/mol. The van der Waals surface area contributed by atoms with Gasteiger partial charge in [-0.15, -0.1) is 0 Å². The zero-order valence-electron chi connectivity index (χ0n) is 12.3. The van der Waals surface area contributed by atoms with Crippen LogP contribution in [-0.2, 0) is 10.2 Å². The van der Waals surface area contributed by atoms with Gasteiger partial charge in [-0.25, -0.2) is 13.9 Å². The highest BCUT2D eigenvalue weighted by Crippen LogP contribution is 2.34. The Morgan fingerprint density at radius 2 is 2.05 bits per heavy atom. The van der Waals surface area contributed by atoms with Gasteiger partial charge in [0.2, 0.25) is 0 Å². The lowest BCUT2D eigenvalue weighted by Crippen LogP contribution is -2.18. The average molecular weight is 311 g/mol. The molecule has 2 aromatic rings. The summed E-state index contributed by atoms with van der Waals surface area (Å²) in [6.45, 7) is 5.81. The number of nitrogens with zero attached hydrogens (tertiary/aromatic N) is 2. The molecule has 0 radical (unpaired) electrons. The number of hydrogen-bond acceptors (Lipinski definition) is 3. The van der Waals surface area contributed by atoms with Crippen molar-refractivity contribution in [3.63, 3.8) is 0 Å². The quantitative estimate of drug-likeness (QED) is 0.794. The molecule has 0 saturated heterocycles. The molecule has 1 heterocycles. The number of halogens is 2. The van der Waals surface area contributed by atoms with Crippen LogP contribution in [0.3, 0.4) is 0 Å². The first-order valence-corrected chi connectivity index (χ1v) is 6.76. The summed E-state index contributed by atoms with van der Waals surface area (Å²) in [4.78, 5) is 11.8. The highest BCUT2D eigenvalue weighted by Gasteiger charge is 2.30. The predicted octanol–water partition coefficient (Wildman–Crippen LogP) is 3.75. The van der Waals surface area contributed by atoms with Crippen molar-refractivity contribution in [1.29, 1.82) is 0 Å². The van der Waals surface area contributed by atoms with Crippen molar-refractivity contribution in [2.75, 3.05) is 7.11 Å². The standard InChI is InChI=1S/C15H16ClFN2O2/c1-15(2,3)13-11(16)12(14(20)21-4)18-19(13)10-7-5-6-9(17)8-10/h5-8H,1-4H3. The van der Waals surface area contributed by atoms with Gasteiger partial charge in [-0.2, -0.15) is 5.10 Å². The number of benzene rings is 1. The van der Waals surface area contributed by atoms with Crippen molar-refractivity contribution >= 4 is 17.6 Å². The zero-order chi connectivity index (χ0) is 15.8. The van der Waals surface area contributed by atoms with E-state index in [0.717, 1.165) is 0 Å². The van der Waals surface area contributed by atoms with Gasteiger partial charge in [-0.3, -0.25) is 0 Å². The lowest BCUT2D eigenvalue weighted by atomic mass is 9.91. The van der Waals surface area contributed by atoms with E-state index >= 15 is 0 Å². The SMILES string of the molecule is COC(=O)c1nn(-c2cccc(F)c2)c(C(C)(C)C)c1Cl. The molecule has 0 aliphatic carbocycles. The number of esters is 1. The number of rotatable bonds is 2. The predicted molar refractivity (Wildman–Crippen MR) is 78.6 cm³/mol. The molecule has 0 N–H and O–H groups in total. The molecule has 2 rings (SSSR count). The van der Waals surface area contributed by atoms with Crippen LogP contribution in [0.1, 0.15) is 37.0 Å². The number of hydrogen-bond donors (Lipinski definition) is 0. The van der Waals surface area contributed by atoms with Gasteiger partial charge in [0.05, 0.1) is 23.5 Å². The van der Waals surface area contributed by atoms with E-state index in [0.29, 0.717) is 11.4 Å². The molecular formula is C15H16ClFN2O2. The van der Waals surface area contributed by atoms with Gasteiger partial charge in [0.25, 0.3) is 0 Å². The number of methoxy groups -OCH3 is 1. The second-order valence-corrected chi connectivity index (χ2v) is 6.02. The maximum atomic E-state index is 13.4. The van der Waals surface area contributed by atoms with Crippen molar-refractivity contribution in [2.45, 2.75) is 26.2 Å². The molecule has 4 nitrogen and oxygen atoms in total. The first kappa shape index (κ1) is 15.5. The summed E-state index contributed by atoms with van der Waals surface area (Å²) in [6.07, 6.45) is 0. The van der Waals surface area contributed by atoms with Gasteiger partial charge < -0.3 is 4.74 Å². The Kier molecular flexibility index (Phi) is 4.05. The normalized spacial score (nSPS) is 11.5. The summed E-state index contributed by atoms with van der Waals surface area (Å²) in [6, 6.07) is 5.94. The molecule has 0 amide bonds. The Balaban J connectivity index is 2.73. The van der Waals surface area contributed by atoms with E-state index in [4.69, 9.17) is 11.6 Å². The molecule has 0 unspecified atom stereocenters. The minimum absolute atomic E-state index is 0.0216. The molecule has 0 aliphatic heterocycles. The van der Waals surface area contributed by atoms with Crippen molar-refractivity contribution in [1.82, 2.24) is 9.78 Å². The minimum Gasteiger partial charge on any atom is -0.464 e. The van der Waals surface area contributed by atoms with Crippen molar-refractivity contribution < 1.29 is 13.9 Å². The van der Waals surface area contributed by atoms with Crippen LogP contribution in [0.15, 0.2) is 24.3 Å². The second kappa shape index (κ2) is 5.48. The first-order valence-electron chi connectivity index (χ1n) is 6.39. The van der Waals surface area contributed by atoms with Gasteiger partial charge in [0.15, 0.2) is 5.69 Å². The van der Waals surface area contributed by atoms with Crippen LogP contribution < -0.4 is 0 Å². The molecule has 1 aromatic carbocycles. The molecular weight excluding hydrogens is 295 g/mol. The van der Waals surface area contributed by atoms with Gasteiger partial charge in [-0.05, 0) is 18.2 Å². The molecule has 0 saturated carbocycles. The molecule has 21 heavy (non-hydrogen) atoms. The van der Waals surface area contributed by atoms with E-state index in [-0.39, 0.29) is 16.1 Å². The van der Waals surface area contributed by atoms with Gasteiger partial charge in [-0.1, -0.05) is 38.4 Å². The fourth-order valence-corrected chi connectivity index (χ4v) is 2.55. The summed E-state index contributed by atoms with van der Waals surface area (Å²) in [5, 5.41) is 4.42. The maximum Gasteiger partial charge on any atom is 0.360 e. The van der Waals surface area contributed by atoms with E-state index in [2.05, 4.69) is 9.84 Å². The number of ether oxygens (including phenoxy) is 1. The fourth-order valence-electron chi connectivity index (χ4n) is 2.07. The van der Waals surface area contributed by atoms with Crippen molar-refractivity contribution in [3.8, 4) is 5.69 Å². The minimum atomic E-state index is -0.624. The average Bonchev–Trinajstić information content (AvgIpc) is 2.75. The molecule has 1 aromatic heterocycles. The Hall–Kier alpha value is -1.88. The first-order chi connectivity index (χ1) is 9.75. The largest absolute Gasteiger partial charge is 0.464 e. The lowest BCUT2D eigenvalue weighted by molar-refractivity contribution is 0.0593. The summed E-state index contributed by atoms with van der Waals surface area (Å²) in [5.74, 6) is -1.01. The van der Waals surface area contributed by atoms with E-state index in [1.54, 1.807) is 12.1 Å². The van der Waals surface area contributed by atoms with Crippen LogP contribution in [0.2, 0.25) is 5.02 Å². The molecule has 0 spiro atoms. The van der Waals surface area contributed by atoms with Crippen LogP contribution >= 0.6 is 11.6 Å². The van der Waals surface area contributed by atoms with Crippen molar-refractivity contribution in [3.05, 3.63) is 46.5 Å². The molecule has 0 atom stereocenters. The Morgan fingerprint density at radius 3 is 2.57 bits per heavy atom. The van der Waals surface area contributed by atoms with E-state index in [1.165, 1.54) is 23.9 Å². The number of carbonyl (C=O) groups excluding carboxylic acids is 1. The molecule has 0 bridgehead atoms. The summed E-state index contributed by atoms with van der Waals surface area (Å²) in [7, 11) is 1.26. The fraction of sp³-hybridized carbons (Fsp3) is 0.333. The highest BCUT2D eigenvalue weighted by molar-refractivity contribution is 6.34. The molecule has 0 fully saturated rings. The summed E-state index contributed by atoms with van der Waals surface area (Å²) < 4.78 is 19.6. The maximum absolute atomic E-state index is 13.4. The van der Waals surface area contributed by atoms with Gasteiger partial charge in [0, 0.05) is 5.41 Å². The van der Waals surface area contributed by atoms with Gasteiger partial charge >= 0.3 is 5.97 Å². The van der Waals surface area contributed by atoms with Crippen LogP contribution in [0.5, 0.6) is 0 Å². The van der Waals surface area contributed by atoms with Crippen LogP contribution in [0.4, 0.5) is 4.39 Å². The van der Waals surface area contributed by atoms with Crippen LogP contribution in [-0.4, -0.2) is 22.9 Å². The summed E-state index contributed by atoms with van der Waals surface area (Å²) in [5.41, 5.74) is 0.753. The number of carbonyl (C=O) groups is 1. The molecule has 0 aliphatic rings. The number of aromatic nitrogens is 2. The zero-order valence-corrected chi connectivity index (χ0v) is 13.0. The lowest BCUT2D eigenvalue weighted by Gasteiger charge is -2.21. The topological polar surface area (TPSA) is 44.1 Å². The van der Waals surface area contributed by atoms with Crippen LogP contribution in [0.25, 0.3) is 5.69 Å². The third-order valence-electron chi connectivity index (χ3n) is 2.97. The van der Waals surface area contributed by atoms with Gasteiger partial charge in [0.1, 0.15) is 5.82 Å². The second-order valence-electron chi connectivity index (χ2n) is 5.64. The van der Waals surface area contributed by atoms with E-state index in [1.807, 2.05) is 20.8 Å². The third kappa shape index (κ3) is 2.93. The highest BCUT2D eigenvalue weighted by atomic mass is 35.5. The summed E-state index contributed by atoms with van der Waals surface area (Å²) >= 11 is 6.30. The van der Waals surface area contributed by atoms with Crippen molar-refractivity contribution in [2.24, 2.45) is 0 Å².